The van der Waals surface area contributed by atoms with Crippen LogP contribution in [0.5, 0.6) is 5.75 Å². The maximum atomic E-state index is 13.0. The van der Waals surface area contributed by atoms with Gasteiger partial charge in [-0.15, -0.1) is 0 Å². The van der Waals surface area contributed by atoms with E-state index in [1.165, 1.54) is 12.1 Å². The summed E-state index contributed by atoms with van der Waals surface area (Å²) in [4.78, 5) is 12.0. The highest BCUT2D eigenvalue weighted by atomic mass is 19.1. The van der Waals surface area contributed by atoms with Gasteiger partial charge in [-0.3, -0.25) is 4.79 Å². The van der Waals surface area contributed by atoms with E-state index in [0.717, 1.165) is 16.9 Å². The van der Waals surface area contributed by atoms with Gasteiger partial charge < -0.3 is 15.8 Å². The van der Waals surface area contributed by atoms with E-state index < -0.39 is 6.04 Å². The minimum atomic E-state index is -0.594. The van der Waals surface area contributed by atoms with E-state index >= 15 is 0 Å². The first-order valence-corrected chi connectivity index (χ1v) is 7.44. The van der Waals surface area contributed by atoms with Crippen LogP contribution in [0.1, 0.15) is 24.1 Å². The summed E-state index contributed by atoms with van der Waals surface area (Å²) in [7, 11) is 1.60. The van der Waals surface area contributed by atoms with Gasteiger partial charge in [0.2, 0.25) is 5.91 Å². The van der Waals surface area contributed by atoms with Crippen LogP contribution in [0.25, 0.3) is 0 Å². The van der Waals surface area contributed by atoms with Crippen molar-refractivity contribution in [2.24, 2.45) is 5.73 Å². The van der Waals surface area contributed by atoms with Crippen molar-refractivity contribution in [1.29, 1.82) is 0 Å². The van der Waals surface area contributed by atoms with Gasteiger partial charge in [-0.2, -0.15) is 0 Å². The van der Waals surface area contributed by atoms with Gasteiger partial charge in [-0.05, 0) is 48.7 Å². The predicted molar refractivity (Wildman–Crippen MR) is 87.6 cm³/mol. The second-order valence-electron chi connectivity index (χ2n) is 5.45. The normalized spacial score (nSPS) is 13.2. The molecule has 1 amide bonds. The number of rotatable bonds is 6. The molecule has 23 heavy (non-hydrogen) atoms. The van der Waals surface area contributed by atoms with Crippen LogP contribution in [0.3, 0.4) is 0 Å². The smallest absolute Gasteiger partial charge is 0.237 e. The van der Waals surface area contributed by atoms with Crippen molar-refractivity contribution < 1.29 is 13.9 Å². The summed E-state index contributed by atoms with van der Waals surface area (Å²) in [5, 5.41) is 2.93. The Kier molecular flexibility index (Phi) is 5.71. The van der Waals surface area contributed by atoms with Crippen LogP contribution < -0.4 is 15.8 Å². The third-order valence-electron chi connectivity index (χ3n) is 3.60. The first kappa shape index (κ1) is 17.0. The average Bonchev–Trinajstić information content (AvgIpc) is 2.56. The van der Waals surface area contributed by atoms with Crippen LogP contribution in [0.4, 0.5) is 4.39 Å². The number of amides is 1. The van der Waals surface area contributed by atoms with E-state index in [0.29, 0.717) is 6.42 Å². The van der Waals surface area contributed by atoms with E-state index in [1.807, 2.05) is 24.3 Å². The Hall–Kier alpha value is -2.40. The fourth-order valence-corrected chi connectivity index (χ4v) is 2.25. The fourth-order valence-electron chi connectivity index (χ4n) is 2.25. The highest BCUT2D eigenvalue weighted by Gasteiger charge is 2.17. The molecule has 0 radical (unpaired) electrons. The number of benzene rings is 2. The van der Waals surface area contributed by atoms with Gasteiger partial charge >= 0.3 is 0 Å². The zero-order valence-electron chi connectivity index (χ0n) is 13.3. The van der Waals surface area contributed by atoms with Crippen molar-refractivity contribution in [2.45, 2.75) is 25.4 Å². The Balaban J connectivity index is 2.22. The molecule has 0 aromatic heterocycles. The van der Waals surface area contributed by atoms with Crippen LogP contribution in [0.15, 0.2) is 48.5 Å². The van der Waals surface area contributed by atoms with E-state index in [1.54, 1.807) is 26.2 Å². The number of hydrogen-bond donors (Lipinski definition) is 2. The van der Waals surface area contributed by atoms with Gasteiger partial charge in [-0.1, -0.05) is 24.3 Å². The molecular weight excluding hydrogens is 295 g/mol. The van der Waals surface area contributed by atoms with Gasteiger partial charge in [0.15, 0.2) is 0 Å². The Morgan fingerprint density at radius 3 is 2.30 bits per heavy atom. The number of halogens is 1. The minimum absolute atomic E-state index is 0.229. The Labute approximate surface area is 135 Å². The molecule has 0 heterocycles. The Morgan fingerprint density at radius 2 is 1.78 bits per heavy atom. The van der Waals surface area contributed by atoms with E-state index in [9.17, 15) is 9.18 Å². The monoisotopic (exact) mass is 316 g/mol. The molecule has 0 saturated heterocycles. The molecule has 0 bridgehead atoms. The molecule has 0 saturated carbocycles. The number of hydrogen-bond acceptors (Lipinski definition) is 3. The van der Waals surface area contributed by atoms with Crippen LogP contribution >= 0.6 is 0 Å². The summed E-state index contributed by atoms with van der Waals surface area (Å²) in [6, 6.07) is 12.9. The number of methoxy groups -OCH3 is 1. The second-order valence-corrected chi connectivity index (χ2v) is 5.45. The van der Waals surface area contributed by atoms with Crippen LogP contribution in [0, 0.1) is 5.82 Å². The molecule has 122 valence electrons. The summed E-state index contributed by atoms with van der Waals surface area (Å²) < 4.78 is 18.2. The van der Waals surface area contributed by atoms with Gasteiger partial charge in [-0.25, -0.2) is 4.39 Å². The Morgan fingerprint density at radius 1 is 1.17 bits per heavy atom. The van der Waals surface area contributed by atoms with Gasteiger partial charge in [0.05, 0.1) is 19.2 Å². The van der Waals surface area contributed by atoms with E-state index in [4.69, 9.17) is 10.5 Å². The molecule has 0 spiro atoms. The van der Waals surface area contributed by atoms with Gasteiger partial charge in [0.1, 0.15) is 11.6 Å². The maximum Gasteiger partial charge on any atom is 0.237 e. The molecule has 3 N–H and O–H groups in total. The Bertz CT molecular complexity index is 639. The van der Waals surface area contributed by atoms with Crippen molar-refractivity contribution in [3.63, 3.8) is 0 Å². The molecule has 5 heteroatoms. The van der Waals surface area contributed by atoms with Crippen molar-refractivity contribution >= 4 is 5.91 Å². The van der Waals surface area contributed by atoms with E-state index in [-0.39, 0.29) is 17.8 Å². The molecule has 0 fully saturated rings. The predicted octanol–water partition coefficient (Wildman–Crippen LogP) is 2.58. The van der Waals surface area contributed by atoms with E-state index in [2.05, 4.69) is 5.32 Å². The molecule has 1 unspecified atom stereocenters. The number of ether oxygens (including phenoxy) is 1. The molecule has 2 aromatic rings. The highest BCUT2D eigenvalue weighted by molar-refractivity contribution is 5.81. The van der Waals surface area contributed by atoms with Crippen LogP contribution in [-0.4, -0.2) is 19.1 Å². The quantitative estimate of drug-likeness (QED) is 0.861. The summed E-state index contributed by atoms with van der Waals surface area (Å²) in [6.07, 6.45) is 0.547. The highest BCUT2D eigenvalue weighted by Crippen LogP contribution is 2.21. The summed E-state index contributed by atoms with van der Waals surface area (Å²) in [5.41, 5.74) is 7.50. The summed E-state index contributed by atoms with van der Waals surface area (Å²) >= 11 is 0. The summed E-state index contributed by atoms with van der Waals surface area (Å²) in [5.74, 6) is 0.232. The fraction of sp³-hybridized carbons (Fsp3) is 0.278. The first-order chi connectivity index (χ1) is 11.0. The van der Waals surface area contributed by atoms with Crippen LogP contribution in [-0.2, 0) is 11.2 Å². The third kappa shape index (κ3) is 4.79. The molecule has 2 aromatic carbocycles. The SMILES string of the molecule is COc1ccc(C(Cc2ccc(F)cc2)NC(=O)[C@H](C)N)cc1. The molecule has 4 nitrogen and oxygen atoms in total. The van der Waals surface area contributed by atoms with Crippen molar-refractivity contribution in [3.05, 3.63) is 65.5 Å². The number of carbonyl (C=O) groups excluding carboxylic acids is 1. The topological polar surface area (TPSA) is 64.3 Å². The van der Waals surface area contributed by atoms with Crippen molar-refractivity contribution in [3.8, 4) is 5.75 Å². The second kappa shape index (κ2) is 7.74. The zero-order valence-corrected chi connectivity index (χ0v) is 13.3. The van der Waals surface area contributed by atoms with Crippen LogP contribution in [0.2, 0.25) is 0 Å². The molecule has 0 aliphatic carbocycles. The molecule has 0 aliphatic rings. The first-order valence-electron chi connectivity index (χ1n) is 7.44. The lowest BCUT2D eigenvalue weighted by atomic mass is 9.98. The average molecular weight is 316 g/mol. The van der Waals surface area contributed by atoms with Gasteiger partial charge in [0.25, 0.3) is 0 Å². The minimum Gasteiger partial charge on any atom is -0.497 e. The van der Waals surface area contributed by atoms with Crippen molar-refractivity contribution in [1.82, 2.24) is 5.32 Å². The standard InChI is InChI=1S/C18H21FN2O2/c1-12(20)18(22)21-17(11-13-3-7-15(19)8-4-13)14-5-9-16(23-2)10-6-14/h3-10,12,17H,11,20H2,1-2H3,(H,21,22)/t12-,17?/m0/s1. The molecule has 2 atom stereocenters. The number of carbonyl (C=O) groups is 1. The lowest BCUT2D eigenvalue weighted by Crippen LogP contribution is -2.40. The third-order valence-corrected chi connectivity index (χ3v) is 3.60. The summed E-state index contributed by atoms with van der Waals surface area (Å²) in [6.45, 7) is 1.64. The maximum absolute atomic E-state index is 13.0. The zero-order chi connectivity index (χ0) is 16.8. The lowest BCUT2D eigenvalue weighted by molar-refractivity contribution is -0.122. The van der Waals surface area contributed by atoms with Crippen molar-refractivity contribution in [2.75, 3.05) is 7.11 Å². The molecular formula is C18H21FN2O2. The lowest BCUT2D eigenvalue weighted by Gasteiger charge is -2.21. The number of nitrogens with two attached hydrogens (primary N) is 1. The largest absolute Gasteiger partial charge is 0.497 e. The molecule has 0 aliphatic heterocycles. The number of nitrogens with one attached hydrogen (secondary N) is 1. The van der Waals surface area contributed by atoms with Gasteiger partial charge in [0, 0.05) is 0 Å². The molecule has 2 rings (SSSR count).